The molecule has 1 fully saturated rings. The Bertz CT molecular complexity index is 625. The summed E-state index contributed by atoms with van der Waals surface area (Å²) in [5.41, 5.74) is 1.96. The highest BCUT2D eigenvalue weighted by molar-refractivity contribution is 5.66. The van der Waals surface area contributed by atoms with E-state index in [0.29, 0.717) is 0 Å². The largest absolute Gasteiger partial charge is 0.495 e. The third-order valence-corrected chi connectivity index (χ3v) is 4.13. The van der Waals surface area contributed by atoms with Gasteiger partial charge in [0, 0.05) is 38.4 Å². The number of rotatable bonds is 7. The number of hydrogen-bond acceptors (Lipinski definition) is 5. The number of benzene rings is 2. The van der Waals surface area contributed by atoms with Crippen LogP contribution in [0.1, 0.15) is 0 Å². The molecule has 0 radical (unpaired) electrons. The second-order valence-corrected chi connectivity index (χ2v) is 5.79. The number of hydrogen-bond donors (Lipinski definition) is 2. The maximum Gasteiger partial charge on any atom is 0.142 e. The average molecular weight is 327 g/mol. The molecule has 5 nitrogen and oxygen atoms in total. The Hall–Kier alpha value is -2.24. The van der Waals surface area contributed by atoms with E-state index in [2.05, 4.69) is 15.5 Å². The van der Waals surface area contributed by atoms with Gasteiger partial charge in [0.1, 0.15) is 18.1 Å². The summed E-state index contributed by atoms with van der Waals surface area (Å²) in [5, 5.41) is 6.72. The van der Waals surface area contributed by atoms with Crippen molar-refractivity contribution in [1.29, 1.82) is 0 Å². The lowest BCUT2D eigenvalue weighted by Gasteiger charge is -2.26. The van der Waals surface area contributed by atoms with Crippen molar-refractivity contribution in [3.8, 4) is 11.5 Å². The van der Waals surface area contributed by atoms with E-state index in [9.17, 15) is 0 Å². The molecule has 128 valence electrons. The molecule has 0 amide bonds. The molecule has 3 rings (SSSR count). The minimum atomic E-state index is 0.722. The summed E-state index contributed by atoms with van der Waals surface area (Å²) >= 11 is 0. The molecular weight excluding hydrogens is 302 g/mol. The number of para-hydroxylation sites is 2. The van der Waals surface area contributed by atoms with Crippen molar-refractivity contribution < 1.29 is 9.47 Å². The first-order valence-electron chi connectivity index (χ1n) is 8.41. The molecule has 2 N–H and O–H groups in total. The lowest BCUT2D eigenvalue weighted by molar-refractivity contribution is 0.191. The quantitative estimate of drug-likeness (QED) is 0.819. The van der Waals surface area contributed by atoms with Crippen LogP contribution in [0.25, 0.3) is 0 Å². The first kappa shape index (κ1) is 16.6. The zero-order valence-corrected chi connectivity index (χ0v) is 14.1. The molecule has 1 heterocycles. The fraction of sp³-hybridized carbons (Fsp3) is 0.368. The highest BCUT2D eigenvalue weighted by atomic mass is 16.5. The predicted octanol–water partition coefficient (Wildman–Crippen LogP) is 2.72. The molecule has 1 saturated heterocycles. The van der Waals surface area contributed by atoms with E-state index in [0.717, 1.165) is 62.2 Å². The smallest absolute Gasteiger partial charge is 0.142 e. The second-order valence-electron chi connectivity index (χ2n) is 5.79. The van der Waals surface area contributed by atoms with Crippen LogP contribution in [-0.4, -0.2) is 51.3 Å². The third kappa shape index (κ3) is 4.63. The van der Waals surface area contributed by atoms with E-state index in [-0.39, 0.29) is 0 Å². The number of anilines is 2. The molecule has 24 heavy (non-hydrogen) atoms. The van der Waals surface area contributed by atoms with E-state index in [1.165, 1.54) is 0 Å². The number of methoxy groups -OCH3 is 1. The van der Waals surface area contributed by atoms with Crippen molar-refractivity contribution in [2.45, 2.75) is 0 Å². The van der Waals surface area contributed by atoms with Gasteiger partial charge in [0.25, 0.3) is 0 Å². The topological polar surface area (TPSA) is 45.8 Å². The van der Waals surface area contributed by atoms with Crippen LogP contribution in [0.2, 0.25) is 0 Å². The molecule has 0 atom stereocenters. The summed E-state index contributed by atoms with van der Waals surface area (Å²) in [6, 6.07) is 15.9. The maximum absolute atomic E-state index is 5.84. The minimum absolute atomic E-state index is 0.722. The molecule has 0 bridgehead atoms. The second kappa shape index (κ2) is 8.57. The van der Waals surface area contributed by atoms with Gasteiger partial charge in [0.2, 0.25) is 0 Å². The van der Waals surface area contributed by atoms with Crippen molar-refractivity contribution >= 4 is 11.4 Å². The fourth-order valence-corrected chi connectivity index (χ4v) is 2.77. The lowest BCUT2D eigenvalue weighted by atomic mass is 10.2. The Kier molecular flexibility index (Phi) is 5.93. The van der Waals surface area contributed by atoms with Crippen LogP contribution in [0, 0.1) is 0 Å². The van der Waals surface area contributed by atoms with E-state index in [1.807, 2.05) is 48.5 Å². The molecule has 0 aliphatic carbocycles. The van der Waals surface area contributed by atoms with Crippen LogP contribution in [0.3, 0.4) is 0 Å². The molecule has 1 aliphatic rings. The molecule has 0 aromatic heterocycles. The lowest BCUT2D eigenvalue weighted by Crippen LogP contribution is -2.44. The molecule has 0 saturated carbocycles. The molecule has 0 spiro atoms. The molecule has 0 unspecified atom stereocenters. The van der Waals surface area contributed by atoms with E-state index in [4.69, 9.17) is 9.47 Å². The fourth-order valence-electron chi connectivity index (χ4n) is 2.77. The molecule has 1 aliphatic heterocycles. The Morgan fingerprint density at radius 3 is 2.54 bits per heavy atom. The molecular formula is C19H25N3O2. The van der Waals surface area contributed by atoms with Gasteiger partial charge in [-0.05, 0) is 36.4 Å². The molecule has 2 aromatic carbocycles. The van der Waals surface area contributed by atoms with E-state index >= 15 is 0 Å². The number of nitrogens with one attached hydrogen (secondary N) is 2. The molecule has 2 aromatic rings. The Morgan fingerprint density at radius 1 is 1.04 bits per heavy atom. The van der Waals surface area contributed by atoms with Crippen molar-refractivity contribution in [3.05, 3.63) is 48.5 Å². The van der Waals surface area contributed by atoms with Crippen LogP contribution >= 0.6 is 0 Å². The van der Waals surface area contributed by atoms with Crippen LogP contribution in [0.4, 0.5) is 11.4 Å². The van der Waals surface area contributed by atoms with Crippen molar-refractivity contribution in [3.63, 3.8) is 0 Å². The van der Waals surface area contributed by atoms with Crippen molar-refractivity contribution in [2.75, 3.05) is 51.8 Å². The predicted molar refractivity (Wildman–Crippen MR) is 97.5 cm³/mol. The van der Waals surface area contributed by atoms with Crippen molar-refractivity contribution in [1.82, 2.24) is 10.2 Å². The third-order valence-electron chi connectivity index (χ3n) is 4.13. The van der Waals surface area contributed by atoms with Gasteiger partial charge in [0.15, 0.2) is 0 Å². The van der Waals surface area contributed by atoms with E-state index < -0.39 is 0 Å². The number of piperazine rings is 1. The first-order chi connectivity index (χ1) is 11.8. The van der Waals surface area contributed by atoms with Crippen LogP contribution in [0.5, 0.6) is 11.5 Å². The Morgan fingerprint density at radius 2 is 1.79 bits per heavy atom. The summed E-state index contributed by atoms with van der Waals surface area (Å²) in [7, 11) is 1.68. The van der Waals surface area contributed by atoms with Crippen LogP contribution < -0.4 is 20.1 Å². The average Bonchev–Trinajstić information content (AvgIpc) is 2.64. The summed E-state index contributed by atoms with van der Waals surface area (Å²) in [6.07, 6.45) is 0. The van der Waals surface area contributed by atoms with Gasteiger partial charge in [-0.15, -0.1) is 0 Å². The zero-order chi connectivity index (χ0) is 16.6. The summed E-state index contributed by atoms with van der Waals surface area (Å²) in [6.45, 7) is 6.05. The van der Waals surface area contributed by atoms with Gasteiger partial charge in [-0.2, -0.15) is 0 Å². The van der Waals surface area contributed by atoms with Gasteiger partial charge in [0.05, 0.1) is 12.8 Å². The van der Waals surface area contributed by atoms with Gasteiger partial charge in [-0.25, -0.2) is 0 Å². The number of nitrogens with zero attached hydrogens (tertiary/aromatic N) is 1. The van der Waals surface area contributed by atoms with Crippen molar-refractivity contribution in [2.24, 2.45) is 0 Å². The number of ether oxygens (including phenoxy) is 2. The zero-order valence-electron chi connectivity index (χ0n) is 14.1. The van der Waals surface area contributed by atoms with Gasteiger partial charge in [-0.1, -0.05) is 12.1 Å². The van der Waals surface area contributed by atoms with Crippen LogP contribution in [-0.2, 0) is 0 Å². The SMILES string of the molecule is COc1ccccc1Nc1ccc(OCCN2CCNCC2)cc1. The Labute approximate surface area is 143 Å². The standard InChI is InChI=1S/C19H25N3O2/c1-23-19-5-3-2-4-18(19)21-16-6-8-17(9-7-16)24-15-14-22-12-10-20-11-13-22/h2-9,20-21H,10-15H2,1H3. The summed E-state index contributed by atoms with van der Waals surface area (Å²) in [4.78, 5) is 2.42. The highest BCUT2D eigenvalue weighted by Gasteiger charge is 2.08. The minimum Gasteiger partial charge on any atom is -0.495 e. The Balaban J connectivity index is 1.49. The van der Waals surface area contributed by atoms with Crippen LogP contribution in [0.15, 0.2) is 48.5 Å². The first-order valence-corrected chi connectivity index (χ1v) is 8.41. The van der Waals surface area contributed by atoms with Gasteiger partial charge >= 0.3 is 0 Å². The summed E-state index contributed by atoms with van der Waals surface area (Å²) in [5.74, 6) is 1.73. The van der Waals surface area contributed by atoms with E-state index in [1.54, 1.807) is 7.11 Å². The van der Waals surface area contributed by atoms with Gasteiger partial charge < -0.3 is 20.1 Å². The maximum atomic E-state index is 5.84. The normalized spacial score (nSPS) is 15.0. The monoisotopic (exact) mass is 327 g/mol. The highest BCUT2D eigenvalue weighted by Crippen LogP contribution is 2.27. The van der Waals surface area contributed by atoms with Gasteiger partial charge in [-0.3, -0.25) is 4.90 Å². The molecule has 5 heteroatoms. The summed E-state index contributed by atoms with van der Waals surface area (Å²) < 4.78 is 11.2.